The van der Waals surface area contributed by atoms with Crippen molar-refractivity contribution in [2.24, 2.45) is 5.73 Å². The fourth-order valence-corrected chi connectivity index (χ4v) is 1.97. The molecule has 0 saturated carbocycles. The van der Waals surface area contributed by atoms with Gasteiger partial charge in [-0.2, -0.15) is 5.10 Å². The van der Waals surface area contributed by atoms with E-state index in [-0.39, 0.29) is 6.04 Å². The molecule has 1 atom stereocenters. The Hall–Kier alpha value is -1.95. The fraction of sp³-hybridized carbons (Fsp3) is 0.462. The van der Waals surface area contributed by atoms with Gasteiger partial charge in [0.15, 0.2) is 0 Å². The Morgan fingerprint density at radius 2 is 2.16 bits per heavy atom. The first-order valence-corrected chi connectivity index (χ1v) is 6.34. The lowest BCUT2D eigenvalue weighted by atomic mass is 10.1. The largest absolute Gasteiger partial charge is 0.481 e. The van der Waals surface area contributed by atoms with Gasteiger partial charge in [0.1, 0.15) is 12.2 Å². The Morgan fingerprint density at radius 1 is 1.32 bits per heavy atom. The van der Waals surface area contributed by atoms with E-state index in [2.05, 4.69) is 15.1 Å². The van der Waals surface area contributed by atoms with Gasteiger partial charge < -0.3 is 10.5 Å². The molecule has 0 bridgehead atoms. The van der Waals surface area contributed by atoms with E-state index in [0.717, 1.165) is 24.4 Å². The van der Waals surface area contributed by atoms with E-state index < -0.39 is 0 Å². The smallest absolute Gasteiger partial charge is 0.212 e. The maximum absolute atomic E-state index is 6.15. The monoisotopic (exact) mass is 261 g/mol. The molecule has 0 aliphatic rings. The van der Waals surface area contributed by atoms with Crippen molar-refractivity contribution in [1.29, 1.82) is 0 Å². The summed E-state index contributed by atoms with van der Waals surface area (Å²) in [4.78, 5) is 8.40. The predicted molar refractivity (Wildman–Crippen MR) is 71.9 cm³/mol. The number of pyridine rings is 1. The van der Waals surface area contributed by atoms with Crippen LogP contribution >= 0.6 is 0 Å². The molecule has 0 spiro atoms. The Kier molecular flexibility index (Phi) is 4.46. The van der Waals surface area contributed by atoms with E-state index in [1.807, 2.05) is 23.7 Å². The molecule has 6 heteroatoms. The minimum Gasteiger partial charge on any atom is -0.481 e. The maximum atomic E-state index is 6.15. The van der Waals surface area contributed by atoms with Crippen LogP contribution in [0, 0.1) is 0 Å². The summed E-state index contributed by atoms with van der Waals surface area (Å²) in [5, 5.41) is 4.14. The summed E-state index contributed by atoms with van der Waals surface area (Å²) < 4.78 is 6.89. The lowest BCUT2D eigenvalue weighted by Gasteiger charge is -2.11. The number of hydrogen-bond donors (Lipinski definition) is 1. The molecule has 0 fully saturated rings. The first-order chi connectivity index (χ1) is 9.22. The van der Waals surface area contributed by atoms with Crippen molar-refractivity contribution in [3.8, 4) is 5.88 Å². The molecule has 6 nitrogen and oxygen atoms in total. The minimum absolute atomic E-state index is 0.00435. The first kappa shape index (κ1) is 13.5. The van der Waals surface area contributed by atoms with Gasteiger partial charge in [0.2, 0.25) is 5.88 Å². The molecular weight excluding hydrogens is 242 g/mol. The van der Waals surface area contributed by atoms with Crippen molar-refractivity contribution in [1.82, 2.24) is 19.7 Å². The van der Waals surface area contributed by atoms with Crippen LogP contribution in [0.3, 0.4) is 0 Å². The van der Waals surface area contributed by atoms with Crippen molar-refractivity contribution < 1.29 is 4.74 Å². The second-order valence-electron chi connectivity index (χ2n) is 4.37. The van der Waals surface area contributed by atoms with Crippen LogP contribution < -0.4 is 10.5 Å². The SMILES string of the molecule is CCn1ncnc1CC(N)Cc1ccc(OC)nc1. The molecule has 102 valence electrons. The van der Waals surface area contributed by atoms with Crippen LogP contribution in [0.15, 0.2) is 24.7 Å². The number of aryl methyl sites for hydroxylation is 1. The van der Waals surface area contributed by atoms with E-state index in [4.69, 9.17) is 10.5 Å². The van der Waals surface area contributed by atoms with Gasteiger partial charge in [0.05, 0.1) is 7.11 Å². The molecule has 2 aromatic rings. The highest BCUT2D eigenvalue weighted by atomic mass is 16.5. The summed E-state index contributed by atoms with van der Waals surface area (Å²) >= 11 is 0. The summed E-state index contributed by atoms with van der Waals surface area (Å²) in [7, 11) is 1.60. The van der Waals surface area contributed by atoms with Crippen LogP contribution in [0.25, 0.3) is 0 Å². The zero-order valence-corrected chi connectivity index (χ0v) is 11.3. The quantitative estimate of drug-likeness (QED) is 0.832. The van der Waals surface area contributed by atoms with E-state index in [9.17, 15) is 0 Å². The Labute approximate surface area is 112 Å². The van der Waals surface area contributed by atoms with E-state index >= 15 is 0 Å². The molecule has 0 radical (unpaired) electrons. The summed E-state index contributed by atoms with van der Waals surface area (Å²) in [6, 6.07) is 3.83. The molecule has 0 aromatic carbocycles. The highest BCUT2D eigenvalue weighted by Crippen LogP contribution is 2.09. The van der Waals surface area contributed by atoms with Gasteiger partial charge in [0, 0.05) is 31.3 Å². The molecule has 0 aliphatic heterocycles. The predicted octanol–water partition coefficient (Wildman–Crippen LogP) is 0.814. The Balaban J connectivity index is 1.95. The number of rotatable bonds is 6. The molecule has 1 unspecified atom stereocenters. The van der Waals surface area contributed by atoms with Crippen molar-refractivity contribution in [3.63, 3.8) is 0 Å². The van der Waals surface area contributed by atoms with Crippen LogP contribution in [0.4, 0.5) is 0 Å². The number of nitrogens with two attached hydrogens (primary N) is 1. The van der Waals surface area contributed by atoms with Crippen LogP contribution in [0.1, 0.15) is 18.3 Å². The average Bonchev–Trinajstić information content (AvgIpc) is 2.86. The van der Waals surface area contributed by atoms with Crippen molar-refractivity contribution in [2.75, 3.05) is 7.11 Å². The van der Waals surface area contributed by atoms with Crippen LogP contribution in [-0.4, -0.2) is 32.9 Å². The molecule has 2 N–H and O–H groups in total. The molecule has 2 heterocycles. The lowest BCUT2D eigenvalue weighted by molar-refractivity contribution is 0.397. The fourth-order valence-electron chi connectivity index (χ4n) is 1.97. The van der Waals surface area contributed by atoms with Crippen LogP contribution in [-0.2, 0) is 19.4 Å². The topological polar surface area (TPSA) is 78.9 Å². The zero-order chi connectivity index (χ0) is 13.7. The van der Waals surface area contributed by atoms with E-state index in [0.29, 0.717) is 12.3 Å². The lowest BCUT2D eigenvalue weighted by Crippen LogP contribution is -2.27. The zero-order valence-electron chi connectivity index (χ0n) is 11.3. The minimum atomic E-state index is 0.00435. The van der Waals surface area contributed by atoms with Gasteiger partial charge in [-0.15, -0.1) is 0 Å². The Bertz CT molecular complexity index is 508. The second-order valence-corrected chi connectivity index (χ2v) is 4.37. The number of methoxy groups -OCH3 is 1. The second kappa shape index (κ2) is 6.29. The third kappa shape index (κ3) is 3.51. The van der Waals surface area contributed by atoms with E-state index in [1.54, 1.807) is 19.6 Å². The highest BCUT2D eigenvalue weighted by Gasteiger charge is 2.10. The molecule has 0 aliphatic carbocycles. The van der Waals surface area contributed by atoms with Crippen LogP contribution in [0.5, 0.6) is 5.88 Å². The van der Waals surface area contributed by atoms with Gasteiger partial charge in [0.25, 0.3) is 0 Å². The third-order valence-electron chi connectivity index (χ3n) is 2.94. The number of nitrogens with zero attached hydrogens (tertiary/aromatic N) is 4. The molecule has 0 amide bonds. The highest BCUT2D eigenvalue weighted by molar-refractivity contribution is 5.18. The standard InChI is InChI=1S/C13H19N5O/c1-3-18-12(16-9-17-18)7-11(14)6-10-4-5-13(19-2)15-8-10/h4-5,8-9,11H,3,6-7,14H2,1-2H3. The van der Waals surface area contributed by atoms with Gasteiger partial charge >= 0.3 is 0 Å². The summed E-state index contributed by atoms with van der Waals surface area (Å²) in [6.45, 7) is 2.85. The number of hydrogen-bond acceptors (Lipinski definition) is 5. The van der Waals surface area contributed by atoms with Crippen molar-refractivity contribution >= 4 is 0 Å². The molecular formula is C13H19N5O. The summed E-state index contributed by atoms with van der Waals surface area (Å²) in [5.41, 5.74) is 7.24. The normalized spacial score (nSPS) is 12.4. The maximum Gasteiger partial charge on any atom is 0.212 e. The van der Waals surface area contributed by atoms with Gasteiger partial charge in [-0.25, -0.2) is 9.97 Å². The molecule has 2 aromatic heterocycles. The number of ether oxygens (including phenoxy) is 1. The molecule has 0 saturated heterocycles. The van der Waals surface area contributed by atoms with Crippen LogP contribution in [0.2, 0.25) is 0 Å². The van der Waals surface area contributed by atoms with Gasteiger partial charge in [-0.3, -0.25) is 4.68 Å². The van der Waals surface area contributed by atoms with Gasteiger partial charge in [-0.1, -0.05) is 6.07 Å². The molecule has 2 rings (SSSR count). The summed E-state index contributed by atoms with van der Waals surface area (Å²) in [6.07, 6.45) is 4.83. The third-order valence-corrected chi connectivity index (χ3v) is 2.94. The van der Waals surface area contributed by atoms with Gasteiger partial charge in [-0.05, 0) is 18.9 Å². The molecule has 19 heavy (non-hydrogen) atoms. The first-order valence-electron chi connectivity index (χ1n) is 6.34. The van der Waals surface area contributed by atoms with E-state index in [1.165, 1.54) is 0 Å². The van der Waals surface area contributed by atoms with Crippen molar-refractivity contribution in [3.05, 3.63) is 36.0 Å². The summed E-state index contributed by atoms with van der Waals surface area (Å²) in [5.74, 6) is 1.54. The average molecular weight is 261 g/mol. The number of aromatic nitrogens is 4. The van der Waals surface area contributed by atoms with Crippen molar-refractivity contribution in [2.45, 2.75) is 32.4 Å². The Morgan fingerprint density at radius 3 is 2.79 bits per heavy atom.